The average molecular weight is 308 g/mol. The third-order valence-electron chi connectivity index (χ3n) is 2.72. The standard InChI is InChI=1S/C14H11N3S.ClH.H2O/c15-13(16)10-6-7-11-12(8-10)18-14(17-11)9-4-2-1-3-5-9;;/h1-8H,(H3,15,16);1H;1H2. The first kappa shape index (κ1) is 16.1. The predicted molar refractivity (Wildman–Crippen MR) is 86.9 cm³/mol. The third-order valence-corrected chi connectivity index (χ3v) is 3.79. The number of fused-ring (bicyclic) bond motifs is 1. The lowest BCUT2D eigenvalue weighted by atomic mass is 10.2. The fourth-order valence-electron chi connectivity index (χ4n) is 1.80. The van der Waals surface area contributed by atoms with Crippen LogP contribution in [0, 0.1) is 5.41 Å². The fraction of sp³-hybridized carbons (Fsp3) is 0. The van der Waals surface area contributed by atoms with Crippen molar-refractivity contribution in [3.8, 4) is 10.6 Å². The molecule has 0 aliphatic heterocycles. The number of nitrogens with one attached hydrogen (secondary N) is 1. The van der Waals surface area contributed by atoms with Crippen molar-refractivity contribution < 1.29 is 5.48 Å². The smallest absolute Gasteiger partial charge is 0.124 e. The van der Waals surface area contributed by atoms with Crippen LogP contribution < -0.4 is 5.73 Å². The highest BCUT2D eigenvalue weighted by Gasteiger charge is 2.07. The van der Waals surface area contributed by atoms with Gasteiger partial charge in [-0.3, -0.25) is 5.41 Å². The highest BCUT2D eigenvalue weighted by molar-refractivity contribution is 7.21. The van der Waals surface area contributed by atoms with Gasteiger partial charge in [-0.1, -0.05) is 30.3 Å². The quantitative estimate of drug-likeness (QED) is 0.562. The number of halogens is 1. The number of nitrogen functional groups attached to an aromatic ring is 1. The number of nitrogens with two attached hydrogens (primary N) is 1. The number of aromatic nitrogens is 1. The van der Waals surface area contributed by atoms with E-state index < -0.39 is 0 Å². The molecule has 0 saturated carbocycles. The Kier molecular flexibility index (Phi) is 5.21. The Morgan fingerprint density at radius 1 is 1.10 bits per heavy atom. The molecule has 0 aliphatic rings. The van der Waals surface area contributed by atoms with E-state index in [9.17, 15) is 0 Å². The van der Waals surface area contributed by atoms with Crippen LogP contribution in [0.5, 0.6) is 0 Å². The normalized spacial score (nSPS) is 9.60. The third kappa shape index (κ3) is 2.96. The second-order valence-electron chi connectivity index (χ2n) is 3.98. The monoisotopic (exact) mass is 307 g/mol. The van der Waals surface area contributed by atoms with Crippen molar-refractivity contribution in [2.75, 3.05) is 0 Å². The summed E-state index contributed by atoms with van der Waals surface area (Å²) in [6.07, 6.45) is 0. The zero-order valence-corrected chi connectivity index (χ0v) is 12.1. The Balaban J connectivity index is 0.000001000. The summed E-state index contributed by atoms with van der Waals surface area (Å²) in [5.41, 5.74) is 8.29. The van der Waals surface area contributed by atoms with Gasteiger partial charge in [-0.2, -0.15) is 0 Å². The summed E-state index contributed by atoms with van der Waals surface area (Å²) in [4.78, 5) is 4.59. The van der Waals surface area contributed by atoms with Gasteiger partial charge in [-0.25, -0.2) is 4.98 Å². The van der Waals surface area contributed by atoms with Gasteiger partial charge in [0.05, 0.1) is 10.2 Å². The minimum absolute atomic E-state index is 0. The van der Waals surface area contributed by atoms with Gasteiger partial charge in [0.1, 0.15) is 10.8 Å². The topological polar surface area (TPSA) is 94.3 Å². The molecule has 2 aromatic carbocycles. The molecule has 1 heterocycles. The predicted octanol–water partition coefficient (Wildman–Crippen LogP) is 2.84. The zero-order chi connectivity index (χ0) is 12.5. The molecule has 0 radical (unpaired) electrons. The first-order valence-electron chi connectivity index (χ1n) is 5.54. The molecule has 20 heavy (non-hydrogen) atoms. The lowest BCUT2D eigenvalue weighted by Crippen LogP contribution is -2.10. The van der Waals surface area contributed by atoms with Gasteiger partial charge in [0.2, 0.25) is 0 Å². The average Bonchev–Trinajstić information content (AvgIpc) is 2.82. The van der Waals surface area contributed by atoms with Gasteiger partial charge in [0.25, 0.3) is 0 Å². The van der Waals surface area contributed by atoms with Gasteiger partial charge in [-0.15, -0.1) is 23.7 Å². The van der Waals surface area contributed by atoms with Crippen molar-refractivity contribution in [3.05, 3.63) is 54.1 Å². The van der Waals surface area contributed by atoms with E-state index in [1.54, 1.807) is 11.3 Å². The van der Waals surface area contributed by atoms with E-state index in [0.717, 1.165) is 26.4 Å². The van der Waals surface area contributed by atoms with Crippen LogP contribution in [0.4, 0.5) is 0 Å². The molecule has 0 saturated heterocycles. The van der Waals surface area contributed by atoms with E-state index in [1.165, 1.54) is 0 Å². The van der Waals surface area contributed by atoms with Crippen molar-refractivity contribution in [2.45, 2.75) is 0 Å². The van der Waals surface area contributed by atoms with Crippen molar-refractivity contribution >= 4 is 39.8 Å². The number of rotatable bonds is 2. The van der Waals surface area contributed by atoms with Crippen LogP contribution in [0.2, 0.25) is 0 Å². The summed E-state index contributed by atoms with van der Waals surface area (Å²) in [6.45, 7) is 0. The maximum atomic E-state index is 7.44. The molecule has 3 aromatic rings. The molecule has 0 unspecified atom stereocenters. The Morgan fingerprint density at radius 3 is 2.45 bits per heavy atom. The molecule has 0 atom stereocenters. The highest BCUT2D eigenvalue weighted by Crippen LogP contribution is 2.30. The molecule has 5 N–H and O–H groups in total. The van der Waals surface area contributed by atoms with Crippen LogP contribution in [0.3, 0.4) is 0 Å². The van der Waals surface area contributed by atoms with Crippen molar-refractivity contribution in [1.82, 2.24) is 4.98 Å². The van der Waals surface area contributed by atoms with Crippen molar-refractivity contribution in [3.63, 3.8) is 0 Å². The first-order valence-corrected chi connectivity index (χ1v) is 6.36. The molecular formula is C14H14ClN3OS. The lowest BCUT2D eigenvalue weighted by Gasteiger charge is -1.95. The molecule has 4 nitrogen and oxygen atoms in total. The minimum Gasteiger partial charge on any atom is -0.412 e. The van der Waals surface area contributed by atoms with E-state index in [-0.39, 0.29) is 23.7 Å². The van der Waals surface area contributed by atoms with Crippen LogP contribution in [0.25, 0.3) is 20.8 Å². The van der Waals surface area contributed by atoms with Gasteiger partial charge < -0.3 is 11.2 Å². The molecule has 0 amide bonds. The van der Waals surface area contributed by atoms with Gasteiger partial charge >= 0.3 is 0 Å². The number of amidine groups is 1. The van der Waals surface area contributed by atoms with Crippen LogP contribution in [0.15, 0.2) is 48.5 Å². The Morgan fingerprint density at radius 2 is 1.80 bits per heavy atom. The molecule has 104 valence electrons. The van der Waals surface area contributed by atoms with Gasteiger partial charge in [0.15, 0.2) is 0 Å². The SMILES string of the molecule is Cl.N=C(N)c1ccc2nc(-c3ccccc3)sc2c1.O. The summed E-state index contributed by atoms with van der Waals surface area (Å²) in [5, 5.41) is 8.44. The molecule has 0 fully saturated rings. The molecule has 0 aliphatic carbocycles. The van der Waals surface area contributed by atoms with Gasteiger partial charge in [-0.05, 0) is 18.2 Å². The molecule has 0 spiro atoms. The molecule has 3 rings (SSSR count). The fourth-order valence-corrected chi connectivity index (χ4v) is 2.81. The number of nitrogens with zero attached hydrogens (tertiary/aromatic N) is 1. The molecule has 6 heteroatoms. The summed E-state index contributed by atoms with van der Waals surface area (Å²) in [6, 6.07) is 15.7. The van der Waals surface area contributed by atoms with E-state index >= 15 is 0 Å². The maximum Gasteiger partial charge on any atom is 0.124 e. The molecular weight excluding hydrogens is 294 g/mol. The van der Waals surface area contributed by atoms with Crippen LogP contribution >= 0.6 is 23.7 Å². The summed E-state index contributed by atoms with van der Waals surface area (Å²) >= 11 is 1.62. The highest BCUT2D eigenvalue weighted by atomic mass is 35.5. The van der Waals surface area contributed by atoms with Crippen molar-refractivity contribution in [2.24, 2.45) is 5.73 Å². The van der Waals surface area contributed by atoms with Crippen molar-refractivity contribution in [1.29, 1.82) is 5.41 Å². The number of hydrogen-bond acceptors (Lipinski definition) is 3. The Labute approximate surface area is 126 Å². The van der Waals surface area contributed by atoms with Crippen LogP contribution in [-0.2, 0) is 0 Å². The maximum absolute atomic E-state index is 7.44. The Hall–Kier alpha value is -1.95. The van der Waals surface area contributed by atoms with Gasteiger partial charge in [0, 0.05) is 11.1 Å². The van der Waals surface area contributed by atoms with E-state index in [2.05, 4.69) is 4.98 Å². The Bertz CT molecular complexity index is 728. The number of benzene rings is 2. The van der Waals surface area contributed by atoms with E-state index in [1.807, 2.05) is 48.5 Å². The second kappa shape index (κ2) is 6.47. The first-order chi connectivity index (χ1) is 8.74. The second-order valence-corrected chi connectivity index (χ2v) is 5.01. The zero-order valence-electron chi connectivity index (χ0n) is 10.5. The molecule has 1 aromatic heterocycles. The van der Waals surface area contributed by atoms with E-state index in [0.29, 0.717) is 0 Å². The van der Waals surface area contributed by atoms with Crippen LogP contribution in [0.1, 0.15) is 5.56 Å². The van der Waals surface area contributed by atoms with E-state index in [4.69, 9.17) is 11.1 Å². The lowest BCUT2D eigenvalue weighted by molar-refractivity contribution is 0.824. The largest absolute Gasteiger partial charge is 0.412 e. The summed E-state index contributed by atoms with van der Waals surface area (Å²) in [5.74, 6) is 0.0894. The van der Waals surface area contributed by atoms with Crippen LogP contribution in [-0.4, -0.2) is 16.3 Å². The summed E-state index contributed by atoms with van der Waals surface area (Å²) < 4.78 is 1.06. The number of hydrogen-bond donors (Lipinski definition) is 2. The number of thiazole rings is 1. The minimum atomic E-state index is 0. The molecule has 0 bridgehead atoms. The summed E-state index contributed by atoms with van der Waals surface area (Å²) in [7, 11) is 0.